The van der Waals surface area contributed by atoms with Gasteiger partial charge in [0.1, 0.15) is 17.0 Å². The third-order valence-electron chi connectivity index (χ3n) is 6.38. The van der Waals surface area contributed by atoms with Crippen LogP contribution in [-0.4, -0.2) is 35.6 Å². The van der Waals surface area contributed by atoms with Gasteiger partial charge in [-0.25, -0.2) is 18.4 Å². The standard InChI is InChI=1S/C23H26N4O2S2/c1-14(2)31(28,29)8-7-15-3-6-19-20(9-15)30-23-21(19)22(25-13-26-23)27-18-5-4-16-11-24-12-17(16)10-18/h4-5,10,12-15H,3,6-9,11H2,1-2H3,(H,25,26,27). The molecule has 0 amide bonds. The van der Waals surface area contributed by atoms with Crippen molar-refractivity contribution in [2.75, 3.05) is 11.1 Å². The number of thiophene rings is 1. The summed E-state index contributed by atoms with van der Waals surface area (Å²) >= 11 is 1.73. The van der Waals surface area contributed by atoms with Crippen LogP contribution < -0.4 is 5.32 Å². The van der Waals surface area contributed by atoms with Gasteiger partial charge in [0.2, 0.25) is 0 Å². The Morgan fingerprint density at radius 3 is 2.97 bits per heavy atom. The molecule has 162 valence electrons. The molecule has 6 nitrogen and oxygen atoms in total. The number of aryl methyl sites for hydroxylation is 1. The first-order valence-corrected chi connectivity index (χ1v) is 13.3. The molecule has 2 aromatic heterocycles. The highest BCUT2D eigenvalue weighted by Crippen LogP contribution is 2.41. The van der Waals surface area contributed by atoms with E-state index in [2.05, 4.69) is 38.5 Å². The van der Waals surface area contributed by atoms with Crippen LogP contribution in [0, 0.1) is 5.92 Å². The summed E-state index contributed by atoms with van der Waals surface area (Å²) in [5.74, 6) is 1.54. The molecule has 1 atom stereocenters. The van der Waals surface area contributed by atoms with Gasteiger partial charge in [0, 0.05) is 16.8 Å². The van der Waals surface area contributed by atoms with Crippen LogP contribution in [0.15, 0.2) is 29.5 Å². The van der Waals surface area contributed by atoms with Gasteiger partial charge in [-0.2, -0.15) is 0 Å². The van der Waals surface area contributed by atoms with Crippen molar-refractivity contribution in [1.82, 2.24) is 9.97 Å². The SMILES string of the molecule is CC(C)S(=O)(=O)CCC1CCc2c(sc3ncnc(Nc4ccc5c(c4)C=NC5)c23)C1. The third kappa shape index (κ3) is 3.99. The van der Waals surface area contributed by atoms with Crippen molar-refractivity contribution in [3.63, 3.8) is 0 Å². The van der Waals surface area contributed by atoms with Gasteiger partial charge in [-0.05, 0) is 74.3 Å². The van der Waals surface area contributed by atoms with Crippen molar-refractivity contribution in [1.29, 1.82) is 0 Å². The normalized spacial score (nSPS) is 17.8. The average Bonchev–Trinajstić information content (AvgIpc) is 3.36. The summed E-state index contributed by atoms with van der Waals surface area (Å²) in [5.41, 5.74) is 4.73. The van der Waals surface area contributed by atoms with Crippen LogP contribution in [0.25, 0.3) is 10.2 Å². The third-order valence-corrected chi connectivity index (χ3v) is 9.78. The summed E-state index contributed by atoms with van der Waals surface area (Å²) in [6, 6.07) is 6.30. The molecule has 2 aliphatic rings. The van der Waals surface area contributed by atoms with Crippen molar-refractivity contribution >= 4 is 49.1 Å². The molecular weight excluding hydrogens is 428 g/mol. The highest BCUT2D eigenvalue weighted by molar-refractivity contribution is 7.91. The summed E-state index contributed by atoms with van der Waals surface area (Å²) in [5, 5.41) is 4.31. The van der Waals surface area contributed by atoms with Crippen LogP contribution in [0.3, 0.4) is 0 Å². The number of benzene rings is 1. The largest absolute Gasteiger partial charge is 0.340 e. The lowest BCUT2D eigenvalue weighted by atomic mass is 9.86. The number of nitrogens with one attached hydrogen (secondary N) is 1. The van der Waals surface area contributed by atoms with Gasteiger partial charge in [-0.1, -0.05) is 6.07 Å². The Balaban J connectivity index is 1.39. The lowest BCUT2D eigenvalue weighted by molar-refractivity contribution is 0.448. The summed E-state index contributed by atoms with van der Waals surface area (Å²) in [4.78, 5) is 15.7. The Morgan fingerprint density at radius 1 is 1.26 bits per heavy atom. The Bertz CT molecular complexity index is 1280. The second kappa shape index (κ2) is 7.98. The van der Waals surface area contributed by atoms with Crippen LogP contribution in [0.4, 0.5) is 11.5 Å². The Hall–Kier alpha value is -2.32. The molecular formula is C23H26N4O2S2. The van der Waals surface area contributed by atoms with E-state index < -0.39 is 9.84 Å². The van der Waals surface area contributed by atoms with E-state index in [9.17, 15) is 8.42 Å². The zero-order valence-corrected chi connectivity index (χ0v) is 19.4. The highest BCUT2D eigenvalue weighted by Gasteiger charge is 2.27. The van der Waals surface area contributed by atoms with Crippen LogP contribution in [0.1, 0.15) is 48.3 Å². The first-order chi connectivity index (χ1) is 14.9. The minimum Gasteiger partial charge on any atom is -0.340 e. The van der Waals surface area contributed by atoms with E-state index in [-0.39, 0.29) is 11.0 Å². The molecule has 3 aromatic rings. The fourth-order valence-electron chi connectivity index (χ4n) is 4.40. The molecule has 5 rings (SSSR count). The number of anilines is 2. The maximum atomic E-state index is 12.2. The first kappa shape index (κ1) is 20.6. The van der Waals surface area contributed by atoms with Crippen molar-refractivity contribution in [3.8, 4) is 0 Å². The van der Waals surface area contributed by atoms with E-state index in [0.29, 0.717) is 5.92 Å². The van der Waals surface area contributed by atoms with Gasteiger partial charge >= 0.3 is 0 Å². The quantitative estimate of drug-likeness (QED) is 0.584. The Kier molecular flexibility index (Phi) is 5.30. The molecule has 0 saturated carbocycles. The fraction of sp³-hybridized carbons (Fsp3) is 0.435. The second-order valence-corrected chi connectivity index (χ2v) is 12.5. The number of aromatic nitrogens is 2. The minimum absolute atomic E-state index is 0.282. The predicted molar refractivity (Wildman–Crippen MR) is 127 cm³/mol. The van der Waals surface area contributed by atoms with Crippen LogP contribution in [0.5, 0.6) is 0 Å². The van der Waals surface area contributed by atoms with Crippen molar-refractivity contribution in [2.24, 2.45) is 10.9 Å². The number of nitrogens with zero attached hydrogens (tertiary/aromatic N) is 3. The summed E-state index contributed by atoms with van der Waals surface area (Å²) in [6.45, 7) is 4.29. The number of fused-ring (bicyclic) bond motifs is 4. The van der Waals surface area contributed by atoms with E-state index in [1.165, 1.54) is 16.0 Å². The number of hydrogen-bond acceptors (Lipinski definition) is 7. The number of aliphatic imine (C=N–C) groups is 1. The molecule has 1 N–H and O–H groups in total. The van der Waals surface area contributed by atoms with E-state index in [4.69, 9.17) is 0 Å². The summed E-state index contributed by atoms with van der Waals surface area (Å²) in [7, 11) is -2.98. The van der Waals surface area contributed by atoms with E-state index >= 15 is 0 Å². The molecule has 1 aliphatic heterocycles. The molecule has 0 spiro atoms. The topological polar surface area (TPSA) is 84.3 Å². The maximum absolute atomic E-state index is 12.2. The van der Waals surface area contributed by atoms with E-state index in [1.807, 2.05) is 6.21 Å². The zero-order chi connectivity index (χ0) is 21.6. The first-order valence-electron chi connectivity index (χ1n) is 10.8. The zero-order valence-electron chi connectivity index (χ0n) is 17.8. The van der Waals surface area contributed by atoms with Gasteiger partial charge in [0.25, 0.3) is 0 Å². The molecule has 31 heavy (non-hydrogen) atoms. The van der Waals surface area contributed by atoms with Gasteiger partial charge in [-0.15, -0.1) is 11.3 Å². The molecule has 0 radical (unpaired) electrons. The molecule has 8 heteroatoms. The number of rotatable bonds is 6. The van der Waals surface area contributed by atoms with Gasteiger partial charge in [0.15, 0.2) is 9.84 Å². The molecule has 3 heterocycles. The Morgan fingerprint density at radius 2 is 2.13 bits per heavy atom. The number of sulfone groups is 1. The van der Waals surface area contributed by atoms with E-state index in [0.717, 1.165) is 59.5 Å². The van der Waals surface area contributed by atoms with E-state index in [1.54, 1.807) is 31.5 Å². The lowest BCUT2D eigenvalue weighted by Crippen LogP contribution is -2.22. The number of hydrogen-bond donors (Lipinski definition) is 1. The highest BCUT2D eigenvalue weighted by atomic mass is 32.2. The van der Waals surface area contributed by atoms with Crippen molar-refractivity contribution < 1.29 is 8.42 Å². The molecule has 0 saturated heterocycles. The second-order valence-electron chi connectivity index (χ2n) is 8.73. The van der Waals surface area contributed by atoms with Gasteiger partial charge < -0.3 is 5.32 Å². The van der Waals surface area contributed by atoms with Crippen LogP contribution >= 0.6 is 11.3 Å². The van der Waals surface area contributed by atoms with Crippen molar-refractivity contribution in [2.45, 2.75) is 51.3 Å². The van der Waals surface area contributed by atoms with Gasteiger partial charge in [-0.3, -0.25) is 4.99 Å². The molecule has 1 aliphatic carbocycles. The maximum Gasteiger partial charge on any atom is 0.152 e. The summed E-state index contributed by atoms with van der Waals surface area (Å²) in [6.07, 6.45) is 7.16. The average molecular weight is 455 g/mol. The molecule has 1 aromatic carbocycles. The van der Waals surface area contributed by atoms with Gasteiger partial charge in [0.05, 0.1) is 22.9 Å². The summed E-state index contributed by atoms with van der Waals surface area (Å²) < 4.78 is 24.4. The van der Waals surface area contributed by atoms with Crippen molar-refractivity contribution in [3.05, 3.63) is 46.1 Å². The van der Waals surface area contributed by atoms with Crippen LogP contribution in [-0.2, 0) is 29.2 Å². The predicted octanol–water partition coefficient (Wildman–Crippen LogP) is 4.69. The van der Waals surface area contributed by atoms with Crippen LogP contribution in [0.2, 0.25) is 0 Å². The Labute approximate surface area is 186 Å². The lowest BCUT2D eigenvalue weighted by Gasteiger charge is -2.22. The monoisotopic (exact) mass is 454 g/mol. The minimum atomic E-state index is -2.98. The molecule has 1 unspecified atom stereocenters. The smallest absolute Gasteiger partial charge is 0.152 e. The fourth-order valence-corrected chi connectivity index (χ4v) is 6.84. The molecule has 0 fully saturated rings. The molecule has 0 bridgehead atoms.